The molecule has 0 saturated carbocycles. The van der Waals surface area contributed by atoms with E-state index in [0.717, 1.165) is 24.3 Å². The van der Waals surface area contributed by atoms with Crippen LogP contribution < -0.4 is 20.5 Å². The van der Waals surface area contributed by atoms with Crippen LogP contribution >= 0.6 is 0 Å². The third-order valence-electron chi connectivity index (χ3n) is 8.95. The number of primary amides is 1. The van der Waals surface area contributed by atoms with Crippen LogP contribution in [-0.2, 0) is 12.8 Å². The van der Waals surface area contributed by atoms with Gasteiger partial charge in [0.15, 0.2) is 0 Å². The number of benzene rings is 2. The molecule has 0 saturated heterocycles. The van der Waals surface area contributed by atoms with E-state index < -0.39 is 41.2 Å². The lowest BCUT2D eigenvalue weighted by Gasteiger charge is -2.31. The van der Waals surface area contributed by atoms with Gasteiger partial charge in [-0.3, -0.25) is 9.59 Å². The van der Waals surface area contributed by atoms with Crippen molar-refractivity contribution in [3.63, 3.8) is 0 Å². The molecular weight excluding hydrogens is 628 g/mol. The molecule has 4 aromatic rings. The minimum Gasteiger partial charge on any atom is -0.474 e. The van der Waals surface area contributed by atoms with E-state index in [4.69, 9.17) is 15.2 Å². The van der Waals surface area contributed by atoms with Gasteiger partial charge in [0.2, 0.25) is 11.8 Å². The minimum atomic E-state index is -0.839. The first-order valence-electron chi connectivity index (χ1n) is 15.8. The van der Waals surface area contributed by atoms with Crippen LogP contribution in [0.3, 0.4) is 0 Å². The number of aromatic nitrogens is 2. The Morgan fingerprint density at radius 3 is 1.79 bits per heavy atom. The van der Waals surface area contributed by atoms with Crippen LogP contribution in [0.15, 0.2) is 48.5 Å². The molecule has 4 heterocycles. The highest BCUT2D eigenvalue weighted by Crippen LogP contribution is 2.39. The van der Waals surface area contributed by atoms with Crippen molar-refractivity contribution in [2.75, 3.05) is 6.54 Å². The fourth-order valence-electron chi connectivity index (χ4n) is 6.24. The number of carbonyl (C=O) groups excluding carboxylic acids is 2. The summed E-state index contributed by atoms with van der Waals surface area (Å²) in [5.74, 6) is -4.10. The number of ether oxygens (including phenoxy) is 2. The highest BCUT2D eigenvalue weighted by atomic mass is 19.1. The molecule has 0 radical (unpaired) electrons. The van der Waals surface area contributed by atoms with Crippen molar-refractivity contribution in [1.29, 1.82) is 0 Å². The predicted octanol–water partition coefficient (Wildman–Crippen LogP) is 6.58. The molecule has 48 heavy (non-hydrogen) atoms. The maximum absolute atomic E-state index is 15.0. The van der Waals surface area contributed by atoms with Crippen molar-refractivity contribution in [3.8, 4) is 34.0 Å². The fraction of sp³-hybridized carbons (Fsp3) is 0.333. The quantitative estimate of drug-likeness (QED) is 0.206. The first-order chi connectivity index (χ1) is 22.9. The smallest absolute Gasteiger partial charge is 0.270 e. The van der Waals surface area contributed by atoms with Gasteiger partial charge < -0.3 is 20.5 Å². The van der Waals surface area contributed by atoms with E-state index in [0.29, 0.717) is 47.9 Å². The maximum atomic E-state index is 15.0. The molecule has 0 bridgehead atoms. The second kappa shape index (κ2) is 13.2. The number of rotatable bonds is 8. The van der Waals surface area contributed by atoms with Crippen LogP contribution in [0.25, 0.3) is 22.3 Å². The monoisotopic (exact) mass is 662 g/mol. The van der Waals surface area contributed by atoms with Crippen molar-refractivity contribution >= 4 is 11.8 Å². The average molecular weight is 663 g/mol. The third kappa shape index (κ3) is 6.56. The largest absolute Gasteiger partial charge is 0.474 e. The lowest BCUT2D eigenvalue weighted by atomic mass is 9.90. The van der Waals surface area contributed by atoms with E-state index >= 15 is 0 Å². The number of pyridine rings is 2. The zero-order valence-electron chi connectivity index (χ0n) is 26.6. The molecule has 2 aromatic heterocycles. The molecule has 0 spiro atoms. The fourth-order valence-corrected chi connectivity index (χ4v) is 6.24. The average Bonchev–Trinajstić information content (AvgIpc) is 3.05. The lowest BCUT2D eigenvalue weighted by Crippen LogP contribution is -2.38. The first kappa shape index (κ1) is 32.9. The Kier molecular flexibility index (Phi) is 9.09. The highest BCUT2D eigenvalue weighted by molar-refractivity contribution is 5.94. The summed E-state index contributed by atoms with van der Waals surface area (Å²) in [4.78, 5) is 34.3. The standard InChI is InChI=1S/C36H34F4N4O4/c1-17(2)31-10-8-23-26(22-7-5-20(38)13-28(22)40)15-30(44-36(23)47-31)34(46)42-16-18(3)32-11-9-24-25(21-6-4-19(37)12-27(21)39)14-29(33(41)45)43-35(24)48-32/h4-7,12-15,17-18,31-32H,8-11,16H2,1-3H3,(H2,41,45)(H,42,46)/t18?,31-,32+/m0/s1. The summed E-state index contributed by atoms with van der Waals surface area (Å²) in [5.41, 5.74) is 7.55. The summed E-state index contributed by atoms with van der Waals surface area (Å²) in [5, 5.41) is 2.87. The van der Waals surface area contributed by atoms with Gasteiger partial charge in [-0.1, -0.05) is 20.8 Å². The van der Waals surface area contributed by atoms with Crippen molar-refractivity contribution in [3.05, 3.63) is 94.3 Å². The van der Waals surface area contributed by atoms with E-state index in [2.05, 4.69) is 15.3 Å². The number of nitrogens with zero attached hydrogens (tertiary/aromatic N) is 2. The minimum absolute atomic E-state index is 0.0118. The molecule has 2 aliphatic heterocycles. The Morgan fingerprint density at radius 2 is 1.27 bits per heavy atom. The van der Waals surface area contributed by atoms with Crippen LogP contribution in [0.4, 0.5) is 17.6 Å². The number of amides is 2. The molecular formula is C36H34F4N4O4. The van der Waals surface area contributed by atoms with E-state index in [1.165, 1.54) is 24.3 Å². The molecule has 2 amide bonds. The summed E-state index contributed by atoms with van der Waals surface area (Å²) in [7, 11) is 0. The molecule has 0 fully saturated rings. The zero-order valence-corrected chi connectivity index (χ0v) is 26.6. The third-order valence-corrected chi connectivity index (χ3v) is 8.95. The number of fused-ring (bicyclic) bond motifs is 2. The zero-order chi connectivity index (χ0) is 34.3. The maximum Gasteiger partial charge on any atom is 0.270 e. The van der Waals surface area contributed by atoms with Gasteiger partial charge in [0.1, 0.15) is 46.9 Å². The number of nitrogens with one attached hydrogen (secondary N) is 1. The number of hydrogen-bond acceptors (Lipinski definition) is 6. The van der Waals surface area contributed by atoms with Gasteiger partial charge in [0.05, 0.1) is 0 Å². The number of nitrogens with two attached hydrogens (primary N) is 1. The number of hydrogen-bond donors (Lipinski definition) is 2. The molecule has 2 aromatic carbocycles. The molecule has 6 rings (SSSR count). The van der Waals surface area contributed by atoms with Crippen LogP contribution in [0.2, 0.25) is 0 Å². The van der Waals surface area contributed by atoms with E-state index in [-0.39, 0.29) is 58.8 Å². The van der Waals surface area contributed by atoms with Gasteiger partial charge in [0.25, 0.3) is 11.8 Å². The SMILES string of the molecule is CC(C)[C@@H]1CCc2c(-c3ccc(F)cc3F)cc(C(=O)NCC(C)[C@H]3CCc4c(-c5ccc(F)cc5F)cc(C(N)=O)nc4O3)nc2O1. The normalized spacial score (nSPS) is 17.5. The molecule has 12 heteroatoms. The van der Waals surface area contributed by atoms with Crippen LogP contribution in [-0.4, -0.2) is 40.5 Å². The summed E-state index contributed by atoms with van der Waals surface area (Å²) in [6.07, 6.45) is 1.54. The summed E-state index contributed by atoms with van der Waals surface area (Å²) in [6.45, 7) is 6.06. The molecule has 3 atom stereocenters. The van der Waals surface area contributed by atoms with Crippen molar-refractivity contribution < 1.29 is 36.6 Å². The summed E-state index contributed by atoms with van der Waals surface area (Å²) < 4.78 is 69.4. The summed E-state index contributed by atoms with van der Waals surface area (Å²) >= 11 is 0. The first-order valence-corrected chi connectivity index (χ1v) is 15.8. The Hall–Kier alpha value is -5.00. The second-order valence-corrected chi connectivity index (χ2v) is 12.6. The molecule has 0 aliphatic carbocycles. The van der Waals surface area contributed by atoms with Crippen LogP contribution in [0, 0.1) is 35.1 Å². The Labute approximate surface area is 274 Å². The second-order valence-electron chi connectivity index (χ2n) is 12.6. The van der Waals surface area contributed by atoms with Gasteiger partial charge in [-0.05, 0) is 79.1 Å². The molecule has 250 valence electrons. The van der Waals surface area contributed by atoms with Gasteiger partial charge in [0, 0.05) is 46.8 Å². The number of carbonyl (C=O) groups is 2. The molecule has 8 nitrogen and oxygen atoms in total. The van der Waals surface area contributed by atoms with Crippen molar-refractivity contribution in [2.45, 2.75) is 58.7 Å². The van der Waals surface area contributed by atoms with E-state index in [1.54, 1.807) is 0 Å². The van der Waals surface area contributed by atoms with Crippen molar-refractivity contribution in [1.82, 2.24) is 15.3 Å². The van der Waals surface area contributed by atoms with Gasteiger partial charge in [-0.2, -0.15) is 0 Å². The van der Waals surface area contributed by atoms with Gasteiger partial charge in [-0.25, -0.2) is 27.5 Å². The van der Waals surface area contributed by atoms with Gasteiger partial charge in [-0.15, -0.1) is 0 Å². The van der Waals surface area contributed by atoms with E-state index in [1.807, 2.05) is 20.8 Å². The Bertz CT molecular complexity index is 1920. The van der Waals surface area contributed by atoms with Crippen molar-refractivity contribution in [2.24, 2.45) is 17.6 Å². The van der Waals surface area contributed by atoms with Gasteiger partial charge >= 0.3 is 0 Å². The number of halogens is 4. The summed E-state index contributed by atoms with van der Waals surface area (Å²) in [6, 6.07) is 9.33. The molecule has 3 N–H and O–H groups in total. The highest BCUT2D eigenvalue weighted by Gasteiger charge is 2.32. The molecule has 1 unspecified atom stereocenters. The predicted molar refractivity (Wildman–Crippen MR) is 170 cm³/mol. The Balaban J connectivity index is 1.23. The topological polar surface area (TPSA) is 116 Å². The lowest BCUT2D eigenvalue weighted by molar-refractivity contribution is 0.0875. The molecule has 2 aliphatic rings. The van der Waals surface area contributed by atoms with Crippen LogP contribution in [0.5, 0.6) is 11.8 Å². The Morgan fingerprint density at radius 1 is 0.771 bits per heavy atom. The van der Waals surface area contributed by atoms with Crippen LogP contribution in [0.1, 0.15) is 65.7 Å². The van der Waals surface area contributed by atoms with E-state index in [9.17, 15) is 27.2 Å².